The van der Waals surface area contributed by atoms with E-state index in [0.717, 1.165) is 55.0 Å². The minimum Gasteiger partial charge on any atom is -0.491 e. The summed E-state index contributed by atoms with van der Waals surface area (Å²) in [6.07, 6.45) is 5.59. The van der Waals surface area contributed by atoms with Crippen molar-refractivity contribution in [2.75, 3.05) is 44.7 Å². The van der Waals surface area contributed by atoms with Crippen LogP contribution >= 0.6 is 12.4 Å². The quantitative estimate of drug-likeness (QED) is 0.640. The van der Waals surface area contributed by atoms with Crippen molar-refractivity contribution in [1.29, 1.82) is 0 Å². The number of methoxy groups -OCH3 is 1. The van der Waals surface area contributed by atoms with Crippen LogP contribution in [0, 0.1) is 0 Å². The molecule has 2 aromatic heterocycles. The first-order valence-electron chi connectivity index (χ1n) is 9.17. The molecule has 0 bridgehead atoms. The van der Waals surface area contributed by atoms with Gasteiger partial charge in [-0.2, -0.15) is 0 Å². The highest BCUT2D eigenvalue weighted by atomic mass is 35.5. The number of hydrogen-bond acceptors (Lipinski definition) is 6. The van der Waals surface area contributed by atoms with Gasteiger partial charge in [0.05, 0.1) is 13.3 Å². The standard InChI is InChI=1S/C20H23N5O2.ClH/c1-27-19-13-21-14-23-20(19)25-10-8-24(9-11-25)7-6-18(26)16-12-22-17-5-3-2-4-15(16)17;/h2-5,12-14,22H,6-11H2,1H3;1H. The van der Waals surface area contributed by atoms with Crippen molar-refractivity contribution in [1.82, 2.24) is 19.9 Å². The summed E-state index contributed by atoms with van der Waals surface area (Å²) >= 11 is 0. The SMILES string of the molecule is COc1cncnc1N1CCN(CCC(=O)c2c[nH]c3ccccc23)CC1.Cl. The van der Waals surface area contributed by atoms with Crippen LogP contribution in [0.15, 0.2) is 43.0 Å². The van der Waals surface area contributed by atoms with Crippen molar-refractivity contribution < 1.29 is 9.53 Å². The summed E-state index contributed by atoms with van der Waals surface area (Å²) in [5.41, 5.74) is 1.79. The summed E-state index contributed by atoms with van der Waals surface area (Å²) in [5, 5.41) is 1.00. The molecule has 28 heavy (non-hydrogen) atoms. The Labute approximate surface area is 170 Å². The molecule has 1 aliphatic rings. The molecular formula is C20H24ClN5O2. The maximum Gasteiger partial charge on any atom is 0.179 e. The van der Waals surface area contributed by atoms with Crippen LogP contribution in [0.2, 0.25) is 0 Å². The number of Topliss-reactive ketones (excluding diaryl/α,β-unsaturated/α-hetero) is 1. The van der Waals surface area contributed by atoms with Gasteiger partial charge in [-0.15, -0.1) is 12.4 Å². The van der Waals surface area contributed by atoms with E-state index in [1.807, 2.05) is 30.5 Å². The van der Waals surface area contributed by atoms with Crippen LogP contribution in [0.3, 0.4) is 0 Å². The summed E-state index contributed by atoms with van der Waals surface area (Å²) in [6, 6.07) is 7.92. The predicted molar refractivity (Wildman–Crippen MR) is 112 cm³/mol. The van der Waals surface area contributed by atoms with Crippen molar-refractivity contribution >= 4 is 34.9 Å². The van der Waals surface area contributed by atoms with Crippen molar-refractivity contribution in [3.05, 3.63) is 48.5 Å². The highest BCUT2D eigenvalue weighted by Gasteiger charge is 2.21. The molecule has 7 nitrogen and oxygen atoms in total. The van der Waals surface area contributed by atoms with Crippen LogP contribution in [0.4, 0.5) is 5.82 Å². The Kier molecular flexibility index (Phi) is 6.49. The number of fused-ring (bicyclic) bond motifs is 1. The van der Waals surface area contributed by atoms with Crippen LogP contribution in [0.1, 0.15) is 16.8 Å². The first-order chi connectivity index (χ1) is 13.3. The topological polar surface area (TPSA) is 74.4 Å². The van der Waals surface area contributed by atoms with Gasteiger partial charge in [-0.25, -0.2) is 9.97 Å². The van der Waals surface area contributed by atoms with E-state index in [-0.39, 0.29) is 18.2 Å². The zero-order chi connectivity index (χ0) is 18.6. The summed E-state index contributed by atoms with van der Waals surface area (Å²) in [7, 11) is 1.63. The van der Waals surface area contributed by atoms with Crippen molar-refractivity contribution in [2.24, 2.45) is 0 Å². The molecule has 3 aromatic rings. The van der Waals surface area contributed by atoms with Gasteiger partial charge in [0.2, 0.25) is 0 Å². The third-order valence-corrected chi connectivity index (χ3v) is 5.10. The van der Waals surface area contributed by atoms with Crippen molar-refractivity contribution in [2.45, 2.75) is 6.42 Å². The molecule has 0 unspecified atom stereocenters. The molecule has 0 atom stereocenters. The Morgan fingerprint density at radius 3 is 2.79 bits per heavy atom. The molecule has 1 fully saturated rings. The van der Waals surface area contributed by atoms with Crippen LogP contribution in [-0.4, -0.2) is 65.5 Å². The third-order valence-electron chi connectivity index (χ3n) is 5.10. The van der Waals surface area contributed by atoms with Gasteiger partial charge in [0.25, 0.3) is 0 Å². The normalized spacial score (nSPS) is 14.7. The second-order valence-electron chi connectivity index (χ2n) is 6.66. The van der Waals surface area contributed by atoms with Crippen molar-refractivity contribution in [3.63, 3.8) is 0 Å². The molecule has 1 aliphatic heterocycles. The number of carbonyl (C=O) groups excluding carboxylic acids is 1. The fourth-order valence-electron chi connectivity index (χ4n) is 3.57. The zero-order valence-corrected chi connectivity index (χ0v) is 16.6. The smallest absolute Gasteiger partial charge is 0.179 e. The molecule has 0 spiro atoms. The lowest BCUT2D eigenvalue weighted by molar-refractivity contribution is 0.0964. The van der Waals surface area contributed by atoms with E-state index in [2.05, 4.69) is 24.8 Å². The molecule has 4 rings (SSSR count). The number of piperazine rings is 1. The lowest BCUT2D eigenvalue weighted by atomic mass is 10.1. The molecular weight excluding hydrogens is 378 g/mol. The highest BCUT2D eigenvalue weighted by Crippen LogP contribution is 2.25. The number of nitrogens with one attached hydrogen (secondary N) is 1. The molecule has 1 saturated heterocycles. The minimum absolute atomic E-state index is 0. The van der Waals surface area contributed by atoms with Gasteiger partial charge in [0.1, 0.15) is 6.33 Å². The summed E-state index contributed by atoms with van der Waals surface area (Å²) in [5.74, 6) is 1.72. The van der Waals surface area contributed by atoms with Gasteiger partial charge < -0.3 is 14.6 Å². The number of H-pyrrole nitrogens is 1. The Balaban J connectivity index is 0.00000225. The molecule has 0 radical (unpaired) electrons. The molecule has 0 saturated carbocycles. The number of nitrogens with zero attached hydrogens (tertiary/aromatic N) is 4. The number of ketones is 1. The van der Waals surface area contributed by atoms with Crippen LogP contribution in [0.25, 0.3) is 10.9 Å². The Hall–Kier alpha value is -2.64. The number of halogens is 1. The number of carbonyl (C=O) groups is 1. The fourth-order valence-corrected chi connectivity index (χ4v) is 3.57. The number of aromatic nitrogens is 3. The summed E-state index contributed by atoms with van der Waals surface area (Å²) < 4.78 is 5.35. The van der Waals surface area contributed by atoms with E-state index in [0.29, 0.717) is 12.2 Å². The molecule has 8 heteroatoms. The van der Waals surface area contributed by atoms with E-state index >= 15 is 0 Å². The van der Waals surface area contributed by atoms with E-state index in [1.54, 1.807) is 19.6 Å². The molecule has 148 valence electrons. The number of para-hydroxylation sites is 1. The number of ether oxygens (including phenoxy) is 1. The Bertz CT molecular complexity index is 937. The van der Waals surface area contributed by atoms with E-state index < -0.39 is 0 Å². The zero-order valence-electron chi connectivity index (χ0n) is 15.8. The summed E-state index contributed by atoms with van der Waals surface area (Å²) in [6.45, 7) is 4.28. The second-order valence-corrected chi connectivity index (χ2v) is 6.66. The average Bonchev–Trinajstić information content (AvgIpc) is 3.17. The largest absolute Gasteiger partial charge is 0.491 e. The third kappa shape index (κ3) is 4.10. The van der Waals surface area contributed by atoms with Crippen molar-refractivity contribution in [3.8, 4) is 5.75 Å². The molecule has 3 heterocycles. The van der Waals surface area contributed by atoms with Gasteiger partial charge in [0, 0.05) is 61.8 Å². The van der Waals surface area contributed by atoms with Gasteiger partial charge in [-0.3, -0.25) is 9.69 Å². The second kappa shape index (κ2) is 9.03. The average molecular weight is 402 g/mol. The van der Waals surface area contributed by atoms with Crippen LogP contribution < -0.4 is 9.64 Å². The van der Waals surface area contributed by atoms with Gasteiger partial charge in [0.15, 0.2) is 17.4 Å². The first-order valence-corrected chi connectivity index (χ1v) is 9.17. The number of benzene rings is 1. The lowest BCUT2D eigenvalue weighted by Gasteiger charge is -2.35. The number of anilines is 1. The fraction of sp³-hybridized carbons (Fsp3) is 0.350. The number of rotatable bonds is 6. The predicted octanol–water partition coefficient (Wildman–Crippen LogP) is 2.78. The molecule has 0 aliphatic carbocycles. The van der Waals surface area contributed by atoms with E-state index in [9.17, 15) is 4.79 Å². The maximum absolute atomic E-state index is 12.6. The first kappa shape index (κ1) is 20.1. The molecule has 0 amide bonds. The van der Waals surface area contributed by atoms with Gasteiger partial charge in [-0.1, -0.05) is 18.2 Å². The number of hydrogen-bond donors (Lipinski definition) is 1. The van der Waals surface area contributed by atoms with E-state index in [4.69, 9.17) is 4.74 Å². The van der Waals surface area contributed by atoms with Crippen LogP contribution in [0.5, 0.6) is 5.75 Å². The Morgan fingerprint density at radius 2 is 2.00 bits per heavy atom. The number of aromatic amines is 1. The minimum atomic E-state index is 0. The lowest BCUT2D eigenvalue weighted by Crippen LogP contribution is -2.47. The van der Waals surface area contributed by atoms with Gasteiger partial charge in [-0.05, 0) is 6.07 Å². The monoisotopic (exact) mass is 401 g/mol. The maximum atomic E-state index is 12.6. The summed E-state index contributed by atoms with van der Waals surface area (Å²) in [4.78, 5) is 28.7. The Morgan fingerprint density at radius 1 is 1.21 bits per heavy atom. The van der Waals surface area contributed by atoms with Crippen LogP contribution in [-0.2, 0) is 0 Å². The highest BCUT2D eigenvalue weighted by molar-refractivity contribution is 6.07. The molecule has 1 N–H and O–H groups in total. The van der Waals surface area contributed by atoms with Gasteiger partial charge >= 0.3 is 0 Å². The van der Waals surface area contributed by atoms with E-state index in [1.165, 1.54) is 0 Å². The molecule has 1 aromatic carbocycles.